The molecule has 8 heteroatoms. The zero-order valence-electron chi connectivity index (χ0n) is 18.0. The molecule has 170 valence electrons. The molecule has 1 amide bonds. The molecule has 0 unspecified atom stereocenters. The number of benzene rings is 3. The Morgan fingerprint density at radius 3 is 2.45 bits per heavy atom. The van der Waals surface area contributed by atoms with E-state index in [0.717, 1.165) is 0 Å². The van der Waals surface area contributed by atoms with E-state index < -0.39 is 11.9 Å². The van der Waals surface area contributed by atoms with Crippen LogP contribution in [0.1, 0.15) is 41.3 Å². The first kappa shape index (κ1) is 24.3. The third kappa shape index (κ3) is 7.34. The van der Waals surface area contributed by atoms with Gasteiger partial charge in [0.2, 0.25) is 0 Å². The van der Waals surface area contributed by atoms with Crippen molar-refractivity contribution in [3.05, 3.63) is 93.5 Å². The van der Waals surface area contributed by atoms with Crippen LogP contribution in [-0.2, 0) is 4.79 Å². The lowest BCUT2D eigenvalue weighted by Gasteiger charge is -2.08. The second kappa shape index (κ2) is 11.5. The summed E-state index contributed by atoms with van der Waals surface area (Å²) in [6.07, 6.45) is 1.43. The van der Waals surface area contributed by atoms with Crippen LogP contribution in [-0.4, -0.2) is 24.7 Å². The van der Waals surface area contributed by atoms with E-state index in [9.17, 15) is 9.59 Å². The largest absolute Gasteiger partial charge is 0.484 e. The summed E-state index contributed by atoms with van der Waals surface area (Å²) in [5.74, 6) is 0.314. The summed E-state index contributed by atoms with van der Waals surface area (Å²) in [4.78, 5) is 24.3. The molecule has 0 aromatic heterocycles. The first-order chi connectivity index (χ1) is 15.8. The van der Waals surface area contributed by atoms with Gasteiger partial charge in [-0.2, -0.15) is 5.10 Å². The lowest BCUT2D eigenvalue weighted by atomic mass is 10.0. The van der Waals surface area contributed by atoms with Crippen molar-refractivity contribution in [2.45, 2.75) is 19.8 Å². The summed E-state index contributed by atoms with van der Waals surface area (Å²) < 4.78 is 10.8. The molecule has 0 radical (unpaired) electrons. The first-order valence-electron chi connectivity index (χ1n) is 10.1. The number of carbonyl (C=O) groups is 2. The number of hydrogen-bond acceptors (Lipinski definition) is 5. The summed E-state index contributed by atoms with van der Waals surface area (Å²) in [7, 11) is 0. The van der Waals surface area contributed by atoms with Crippen molar-refractivity contribution in [1.29, 1.82) is 0 Å². The van der Waals surface area contributed by atoms with E-state index in [2.05, 4.69) is 24.4 Å². The van der Waals surface area contributed by atoms with Crippen molar-refractivity contribution < 1.29 is 19.1 Å². The standard InChI is InChI=1S/C25H22Cl2N2O4/c1-16(2)18-6-9-20(10-7-18)32-15-24(30)29-28-14-17-4-3-5-21(12-17)33-25(31)22-11-8-19(26)13-23(22)27/h3-14,16H,15H2,1-2H3,(H,29,30)/b28-14-. The fourth-order valence-corrected chi connectivity index (χ4v) is 3.27. The van der Waals surface area contributed by atoms with E-state index in [1.165, 1.54) is 23.9 Å². The lowest BCUT2D eigenvalue weighted by molar-refractivity contribution is -0.123. The summed E-state index contributed by atoms with van der Waals surface area (Å²) in [5, 5.41) is 4.54. The lowest BCUT2D eigenvalue weighted by Crippen LogP contribution is -2.24. The average molecular weight is 485 g/mol. The maximum atomic E-state index is 12.3. The number of ether oxygens (including phenoxy) is 2. The van der Waals surface area contributed by atoms with Crippen molar-refractivity contribution in [2.75, 3.05) is 6.61 Å². The van der Waals surface area contributed by atoms with Crippen molar-refractivity contribution in [3.63, 3.8) is 0 Å². The van der Waals surface area contributed by atoms with Crippen LogP contribution in [0.2, 0.25) is 10.0 Å². The average Bonchev–Trinajstić information content (AvgIpc) is 2.78. The van der Waals surface area contributed by atoms with Crippen LogP contribution in [0.5, 0.6) is 11.5 Å². The van der Waals surface area contributed by atoms with Crippen LogP contribution in [0.25, 0.3) is 0 Å². The van der Waals surface area contributed by atoms with Crippen molar-refractivity contribution in [2.24, 2.45) is 5.10 Å². The van der Waals surface area contributed by atoms with E-state index in [1.54, 1.807) is 30.3 Å². The Morgan fingerprint density at radius 1 is 1.00 bits per heavy atom. The molecule has 0 aliphatic carbocycles. The Hall–Kier alpha value is -3.35. The molecular formula is C25H22Cl2N2O4. The summed E-state index contributed by atoms with van der Waals surface area (Å²) >= 11 is 11.9. The van der Waals surface area contributed by atoms with Crippen LogP contribution >= 0.6 is 23.2 Å². The van der Waals surface area contributed by atoms with Gasteiger partial charge < -0.3 is 9.47 Å². The number of nitrogens with one attached hydrogen (secondary N) is 1. The van der Waals surface area contributed by atoms with Crippen LogP contribution in [0.3, 0.4) is 0 Å². The third-order valence-electron chi connectivity index (χ3n) is 4.54. The number of esters is 1. The molecule has 0 atom stereocenters. The molecule has 0 heterocycles. The van der Waals surface area contributed by atoms with E-state index >= 15 is 0 Å². The molecule has 3 aromatic rings. The van der Waals surface area contributed by atoms with E-state index in [4.69, 9.17) is 32.7 Å². The third-order valence-corrected chi connectivity index (χ3v) is 5.09. The van der Waals surface area contributed by atoms with Crippen LogP contribution in [0.4, 0.5) is 0 Å². The fraction of sp³-hybridized carbons (Fsp3) is 0.160. The van der Waals surface area contributed by atoms with Gasteiger partial charge in [-0.3, -0.25) is 4.79 Å². The van der Waals surface area contributed by atoms with E-state index in [-0.39, 0.29) is 17.2 Å². The molecule has 0 bridgehead atoms. The second-order valence-corrected chi connectivity index (χ2v) is 8.24. The first-order valence-corrected chi connectivity index (χ1v) is 10.9. The normalized spacial score (nSPS) is 10.9. The van der Waals surface area contributed by atoms with Gasteiger partial charge in [0, 0.05) is 5.02 Å². The molecule has 0 saturated carbocycles. The molecule has 3 aromatic carbocycles. The highest BCUT2D eigenvalue weighted by molar-refractivity contribution is 6.36. The zero-order valence-corrected chi connectivity index (χ0v) is 19.6. The Balaban J connectivity index is 1.51. The molecule has 0 spiro atoms. The molecule has 0 aliphatic heterocycles. The van der Waals surface area contributed by atoms with E-state index in [0.29, 0.717) is 28.0 Å². The summed E-state index contributed by atoms with van der Waals surface area (Å²) in [5.41, 5.74) is 4.41. The second-order valence-electron chi connectivity index (χ2n) is 7.39. The Morgan fingerprint density at radius 2 is 1.76 bits per heavy atom. The highest BCUT2D eigenvalue weighted by atomic mass is 35.5. The maximum absolute atomic E-state index is 12.3. The molecule has 0 aliphatic rings. The number of halogens is 2. The smallest absolute Gasteiger partial charge is 0.345 e. The van der Waals surface area contributed by atoms with Gasteiger partial charge in [-0.1, -0.05) is 61.3 Å². The number of amides is 1. The summed E-state index contributed by atoms with van der Waals surface area (Å²) in [6.45, 7) is 4.05. The van der Waals surface area contributed by atoms with Crippen LogP contribution in [0.15, 0.2) is 71.8 Å². The molecular weight excluding hydrogens is 463 g/mol. The van der Waals surface area contributed by atoms with Gasteiger partial charge in [0.1, 0.15) is 11.5 Å². The highest BCUT2D eigenvalue weighted by Crippen LogP contribution is 2.23. The van der Waals surface area contributed by atoms with Gasteiger partial charge in [0.25, 0.3) is 5.91 Å². The summed E-state index contributed by atoms with van der Waals surface area (Å²) in [6, 6.07) is 18.8. The Bertz CT molecular complexity index is 1160. The highest BCUT2D eigenvalue weighted by Gasteiger charge is 2.13. The van der Waals surface area contributed by atoms with Crippen molar-refractivity contribution >= 4 is 41.3 Å². The van der Waals surface area contributed by atoms with Crippen LogP contribution in [0, 0.1) is 0 Å². The number of hydrogen-bond donors (Lipinski definition) is 1. The Labute approximate surface area is 202 Å². The molecule has 0 saturated heterocycles. The molecule has 6 nitrogen and oxygen atoms in total. The maximum Gasteiger partial charge on any atom is 0.345 e. The van der Waals surface area contributed by atoms with E-state index in [1.807, 2.05) is 24.3 Å². The topological polar surface area (TPSA) is 77.0 Å². The van der Waals surface area contributed by atoms with Gasteiger partial charge in [-0.25, -0.2) is 10.2 Å². The SMILES string of the molecule is CC(C)c1ccc(OCC(=O)N/N=C\c2cccc(OC(=O)c3ccc(Cl)cc3Cl)c2)cc1. The quantitative estimate of drug-likeness (QED) is 0.188. The minimum atomic E-state index is -0.613. The van der Waals surface area contributed by atoms with Gasteiger partial charge in [0.15, 0.2) is 6.61 Å². The number of nitrogens with zero attached hydrogens (tertiary/aromatic N) is 1. The Kier molecular flexibility index (Phi) is 8.46. The monoisotopic (exact) mass is 484 g/mol. The van der Waals surface area contributed by atoms with Gasteiger partial charge in [0.05, 0.1) is 16.8 Å². The van der Waals surface area contributed by atoms with Gasteiger partial charge in [-0.05, 0) is 59.5 Å². The fourth-order valence-electron chi connectivity index (χ4n) is 2.78. The molecule has 3 rings (SSSR count). The number of hydrazone groups is 1. The zero-order chi connectivity index (χ0) is 23.8. The minimum absolute atomic E-state index is 0.169. The number of carbonyl (C=O) groups excluding carboxylic acids is 2. The van der Waals surface area contributed by atoms with Crippen molar-refractivity contribution in [3.8, 4) is 11.5 Å². The predicted octanol–water partition coefficient (Wildman–Crippen LogP) is 5.87. The molecule has 1 N–H and O–H groups in total. The van der Waals surface area contributed by atoms with Crippen molar-refractivity contribution in [1.82, 2.24) is 5.43 Å². The van der Waals surface area contributed by atoms with Crippen LogP contribution < -0.4 is 14.9 Å². The number of rotatable bonds is 8. The van der Waals surface area contributed by atoms with Gasteiger partial charge >= 0.3 is 5.97 Å². The van der Waals surface area contributed by atoms with Gasteiger partial charge in [-0.15, -0.1) is 0 Å². The molecule has 33 heavy (non-hydrogen) atoms. The minimum Gasteiger partial charge on any atom is -0.484 e. The molecule has 0 fully saturated rings. The predicted molar refractivity (Wildman–Crippen MR) is 130 cm³/mol.